The van der Waals surface area contributed by atoms with Gasteiger partial charge in [0, 0.05) is 0 Å². The van der Waals surface area contributed by atoms with Crippen LogP contribution in [0.2, 0.25) is 0 Å². The van der Waals surface area contributed by atoms with Crippen molar-refractivity contribution in [2.24, 2.45) is 0 Å². The Balaban J connectivity index is 3.40. The lowest BCUT2D eigenvalue weighted by molar-refractivity contribution is 0.131. The van der Waals surface area contributed by atoms with Gasteiger partial charge in [-0.3, -0.25) is 0 Å². The molecule has 0 spiro atoms. The maximum atomic E-state index is 7.74. The maximum absolute atomic E-state index is 7.74. The van der Waals surface area contributed by atoms with Crippen LogP contribution in [0, 0.1) is 6.92 Å². The molecule has 0 atom stereocenters. The molecule has 0 N–H and O–H groups in total. The molecule has 0 fully saturated rings. The van der Waals surface area contributed by atoms with Gasteiger partial charge in [0.05, 0.1) is 5.48 Å². The Hall–Kier alpha value is -0.980. The summed E-state index contributed by atoms with van der Waals surface area (Å²) in [7, 11) is 0. The van der Waals surface area contributed by atoms with E-state index >= 15 is 0 Å². The predicted molar refractivity (Wildman–Crippen MR) is 51.6 cm³/mol. The van der Waals surface area contributed by atoms with E-state index in [4.69, 9.17) is 10.2 Å². The van der Waals surface area contributed by atoms with Crippen LogP contribution >= 0.6 is 0 Å². The van der Waals surface area contributed by atoms with Gasteiger partial charge in [0.2, 0.25) is 0 Å². The van der Waals surface area contributed by atoms with Crippen molar-refractivity contribution in [3.8, 4) is 5.75 Å². The van der Waals surface area contributed by atoms with Gasteiger partial charge in [0.15, 0.2) is 0 Å². The summed E-state index contributed by atoms with van der Waals surface area (Å²) in [6, 6.07) is -0.317. The third-order valence-corrected chi connectivity index (χ3v) is 1.14. The largest absolute Gasteiger partial charge is 0.488 e. The predicted octanol–water partition coefficient (Wildman–Crippen LogP) is 3.17. The molecule has 0 radical (unpaired) electrons. The van der Waals surface area contributed by atoms with Crippen LogP contribution < -0.4 is 4.74 Å². The molecular formula is C11H16O. The van der Waals surface area contributed by atoms with E-state index in [1.807, 2.05) is 0 Å². The fraction of sp³-hybridized carbons (Fsp3) is 0.455. The van der Waals surface area contributed by atoms with Crippen molar-refractivity contribution in [2.45, 2.75) is 33.3 Å². The van der Waals surface area contributed by atoms with Crippen LogP contribution in [-0.2, 0) is 0 Å². The zero-order valence-electron chi connectivity index (χ0n) is 11.9. The van der Waals surface area contributed by atoms with Crippen LogP contribution in [-0.4, -0.2) is 5.60 Å². The Morgan fingerprint density at radius 3 is 2.08 bits per heavy atom. The molecule has 0 amide bonds. The standard InChI is InChI=1S/C11H16O/c1-9-5-7-10(8-6-9)12-11(2,3)4/h5-8H,1-4H3/i5D,6D,7D,8D. The van der Waals surface area contributed by atoms with Gasteiger partial charge in [-0.2, -0.15) is 0 Å². The van der Waals surface area contributed by atoms with Crippen molar-refractivity contribution < 1.29 is 10.2 Å². The molecule has 0 aliphatic carbocycles. The monoisotopic (exact) mass is 168 g/mol. The van der Waals surface area contributed by atoms with Crippen molar-refractivity contribution >= 4 is 0 Å². The Labute approximate surface area is 80.0 Å². The first-order valence-electron chi connectivity index (χ1n) is 5.91. The van der Waals surface area contributed by atoms with Crippen LogP contribution in [0.5, 0.6) is 5.75 Å². The quantitative estimate of drug-likeness (QED) is 0.626. The summed E-state index contributed by atoms with van der Waals surface area (Å²) in [6.45, 7) is 6.98. The summed E-state index contributed by atoms with van der Waals surface area (Å²) < 4.78 is 36.3. The van der Waals surface area contributed by atoms with Crippen LogP contribution in [0.1, 0.15) is 31.8 Å². The Morgan fingerprint density at radius 2 is 1.67 bits per heavy atom. The average Bonchev–Trinajstić information content (AvgIpc) is 2.17. The van der Waals surface area contributed by atoms with Crippen LogP contribution in [0.3, 0.4) is 0 Å². The third-order valence-electron chi connectivity index (χ3n) is 1.14. The van der Waals surface area contributed by atoms with Crippen LogP contribution in [0.15, 0.2) is 24.2 Å². The van der Waals surface area contributed by atoms with Crippen LogP contribution in [0.4, 0.5) is 0 Å². The zero-order chi connectivity index (χ0) is 12.7. The molecule has 0 aliphatic rings. The summed E-state index contributed by atoms with van der Waals surface area (Å²) in [4.78, 5) is 0. The molecule has 12 heavy (non-hydrogen) atoms. The lowest BCUT2D eigenvalue weighted by atomic mass is 10.2. The SMILES string of the molecule is [2H]c1c([2H])c(OC(C)(C)C)c([2H])c([2H])c1C. The Bertz CT molecular complexity index is 392. The average molecular weight is 168 g/mol. The summed E-state index contributed by atoms with van der Waals surface area (Å²) in [6.07, 6.45) is 0. The topological polar surface area (TPSA) is 9.23 Å². The minimum atomic E-state index is -0.542. The van der Waals surface area contributed by atoms with Crippen molar-refractivity contribution in [2.75, 3.05) is 0 Å². The molecule has 1 heteroatoms. The van der Waals surface area contributed by atoms with Crippen LogP contribution in [0.25, 0.3) is 0 Å². The van der Waals surface area contributed by atoms with Gasteiger partial charge >= 0.3 is 0 Å². The second kappa shape index (κ2) is 3.18. The van der Waals surface area contributed by atoms with Gasteiger partial charge in [-0.1, -0.05) is 17.6 Å². The minimum Gasteiger partial charge on any atom is -0.488 e. The highest BCUT2D eigenvalue weighted by molar-refractivity contribution is 5.26. The minimum absolute atomic E-state index is 0.0214. The maximum Gasteiger partial charge on any atom is 0.120 e. The van der Waals surface area contributed by atoms with E-state index in [0.29, 0.717) is 5.56 Å². The molecule has 66 valence electrons. The third kappa shape index (κ3) is 2.95. The van der Waals surface area contributed by atoms with Gasteiger partial charge in [-0.05, 0) is 39.8 Å². The van der Waals surface area contributed by atoms with E-state index in [0.717, 1.165) is 0 Å². The summed E-state index contributed by atoms with van der Waals surface area (Å²) in [5, 5.41) is 0. The molecule has 0 aromatic heterocycles. The first kappa shape index (κ1) is 4.90. The smallest absolute Gasteiger partial charge is 0.120 e. The second-order valence-corrected chi connectivity index (χ2v) is 3.67. The van der Waals surface area contributed by atoms with E-state index in [1.54, 1.807) is 27.7 Å². The molecule has 0 heterocycles. The first-order chi connectivity index (χ1) is 7.15. The second-order valence-electron chi connectivity index (χ2n) is 3.67. The van der Waals surface area contributed by atoms with Crippen molar-refractivity contribution in [3.63, 3.8) is 0 Å². The van der Waals surface area contributed by atoms with Gasteiger partial charge in [-0.25, -0.2) is 0 Å². The number of ether oxygens (including phenoxy) is 1. The van der Waals surface area contributed by atoms with Gasteiger partial charge in [-0.15, -0.1) is 0 Å². The van der Waals surface area contributed by atoms with Crippen molar-refractivity contribution in [3.05, 3.63) is 29.7 Å². The lowest BCUT2D eigenvalue weighted by Crippen LogP contribution is -2.22. The van der Waals surface area contributed by atoms with E-state index in [1.165, 1.54) is 0 Å². The summed E-state index contributed by atoms with van der Waals surface area (Å²) in [5.74, 6) is 0.0214. The van der Waals surface area contributed by atoms with Gasteiger partial charge < -0.3 is 4.74 Å². The molecular weight excluding hydrogens is 148 g/mol. The molecule has 0 aliphatic heterocycles. The van der Waals surface area contributed by atoms with Gasteiger partial charge in [0.25, 0.3) is 0 Å². The van der Waals surface area contributed by atoms with Crippen molar-refractivity contribution in [1.29, 1.82) is 0 Å². The lowest BCUT2D eigenvalue weighted by Gasteiger charge is -2.21. The molecule has 0 saturated heterocycles. The summed E-state index contributed by atoms with van der Waals surface area (Å²) in [5.41, 5.74) is -0.198. The van der Waals surface area contributed by atoms with Crippen molar-refractivity contribution in [1.82, 2.24) is 0 Å². The summed E-state index contributed by atoms with van der Waals surface area (Å²) >= 11 is 0. The molecule has 0 bridgehead atoms. The number of benzene rings is 1. The fourth-order valence-electron chi connectivity index (χ4n) is 0.721. The zero-order valence-corrected chi connectivity index (χ0v) is 7.91. The molecule has 0 unspecified atom stereocenters. The van der Waals surface area contributed by atoms with E-state index < -0.39 is 5.60 Å². The molecule has 1 aromatic carbocycles. The highest BCUT2D eigenvalue weighted by Crippen LogP contribution is 2.17. The first-order valence-corrected chi connectivity index (χ1v) is 3.91. The number of hydrogen-bond donors (Lipinski definition) is 0. The Kier molecular flexibility index (Phi) is 1.30. The van der Waals surface area contributed by atoms with E-state index in [-0.39, 0.29) is 29.9 Å². The van der Waals surface area contributed by atoms with Gasteiger partial charge in [0.1, 0.15) is 11.4 Å². The molecule has 1 nitrogen and oxygen atoms in total. The fourth-order valence-corrected chi connectivity index (χ4v) is 0.721. The molecule has 0 saturated carbocycles. The van der Waals surface area contributed by atoms with E-state index in [2.05, 4.69) is 0 Å². The highest BCUT2D eigenvalue weighted by Gasteiger charge is 2.10. The number of hydrogen-bond acceptors (Lipinski definition) is 1. The van der Waals surface area contributed by atoms with E-state index in [9.17, 15) is 0 Å². The number of rotatable bonds is 1. The Morgan fingerprint density at radius 1 is 1.17 bits per heavy atom. The molecule has 1 aromatic rings. The normalized spacial score (nSPS) is 16.0. The highest BCUT2D eigenvalue weighted by atomic mass is 16.5. The molecule has 1 rings (SSSR count).